The molecule has 0 spiro atoms. The van der Waals surface area contributed by atoms with Gasteiger partial charge in [-0.2, -0.15) is 0 Å². The standard InChI is InChI=1S/C19H18N4O/c1-11-3-5-13-7-8-21-18(15(13)9-11)22-19-14-6-4-12(2)10-16(14)17(20)23-24-19/h3-10,19H,1-2H3,(H2,20,23)(H,21,22). The monoisotopic (exact) mass is 318 g/mol. The van der Waals surface area contributed by atoms with Crippen molar-refractivity contribution in [2.24, 2.45) is 10.9 Å². The van der Waals surface area contributed by atoms with Gasteiger partial charge < -0.3 is 15.9 Å². The van der Waals surface area contributed by atoms with E-state index in [9.17, 15) is 0 Å². The predicted octanol–water partition coefficient (Wildman–Crippen LogP) is 3.61. The normalized spacial score (nSPS) is 16.2. The smallest absolute Gasteiger partial charge is 0.225 e. The Labute approximate surface area is 140 Å². The maximum absolute atomic E-state index is 5.96. The molecule has 0 amide bonds. The SMILES string of the molecule is Cc1ccc2c(c1)C(N)=NOC2Nc1nccc2ccc(C)cc12. The highest BCUT2D eigenvalue weighted by Crippen LogP contribution is 2.30. The minimum Gasteiger partial charge on any atom is -0.380 e. The molecule has 120 valence electrons. The summed E-state index contributed by atoms with van der Waals surface area (Å²) >= 11 is 0. The Bertz CT molecular complexity index is 965. The molecule has 1 aliphatic rings. The first kappa shape index (κ1) is 14.5. The van der Waals surface area contributed by atoms with Gasteiger partial charge in [-0.1, -0.05) is 40.5 Å². The Hall–Kier alpha value is -3.08. The van der Waals surface area contributed by atoms with E-state index in [1.165, 1.54) is 5.56 Å². The van der Waals surface area contributed by atoms with Gasteiger partial charge in [-0.3, -0.25) is 0 Å². The van der Waals surface area contributed by atoms with Crippen LogP contribution in [0.15, 0.2) is 53.8 Å². The highest BCUT2D eigenvalue weighted by molar-refractivity contribution is 5.99. The van der Waals surface area contributed by atoms with E-state index < -0.39 is 6.23 Å². The van der Waals surface area contributed by atoms with Crippen molar-refractivity contribution in [1.82, 2.24) is 4.98 Å². The lowest BCUT2D eigenvalue weighted by Gasteiger charge is -2.25. The zero-order chi connectivity index (χ0) is 16.7. The fourth-order valence-electron chi connectivity index (χ4n) is 2.96. The number of nitrogens with two attached hydrogens (primary N) is 1. The number of anilines is 1. The average molecular weight is 318 g/mol. The van der Waals surface area contributed by atoms with Gasteiger partial charge in [0.15, 0.2) is 5.84 Å². The van der Waals surface area contributed by atoms with Crippen molar-refractivity contribution in [3.63, 3.8) is 0 Å². The number of pyridine rings is 1. The van der Waals surface area contributed by atoms with E-state index in [2.05, 4.69) is 40.6 Å². The number of aromatic nitrogens is 1. The first-order chi connectivity index (χ1) is 11.6. The molecule has 5 nitrogen and oxygen atoms in total. The lowest BCUT2D eigenvalue weighted by Crippen LogP contribution is -2.26. The summed E-state index contributed by atoms with van der Waals surface area (Å²) in [6, 6.07) is 14.4. The van der Waals surface area contributed by atoms with E-state index in [0.717, 1.165) is 33.3 Å². The third kappa shape index (κ3) is 2.44. The molecule has 1 atom stereocenters. The molecule has 0 saturated carbocycles. The van der Waals surface area contributed by atoms with Gasteiger partial charge >= 0.3 is 0 Å². The summed E-state index contributed by atoms with van der Waals surface area (Å²) < 4.78 is 0. The number of amidine groups is 1. The highest BCUT2D eigenvalue weighted by Gasteiger charge is 2.24. The Morgan fingerprint density at radius 3 is 2.71 bits per heavy atom. The summed E-state index contributed by atoms with van der Waals surface area (Å²) in [6.45, 7) is 4.09. The van der Waals surface area contributed by atoms with Gasteiger partial charge in [-0.15, -0.1) is 0 Å². The van der Waals surface area contributed by atoms with Crippen molar-refractivity contribution in [2.75, 3.05) is 5.32 Å². The van der Waals surface area contributed by atoms with Crippen molar-refractivity contribution in [2.45, 2.75) is 20.1 Å². The van der Waals surface area contributed by atoms with Crippen LogP contribution in [0.25, 0.3) is 10.8 Å². The van der Waals surface area contributed by atoms with Gasteiger partial charge in [0.1, 0.15) is 5.82 Å². The molecular weight excluding hydrogens is 300 g/mol. The fraction of sp³-hybridized carbons (Fsp3) is 0.158. The topological polar surface area (TPSA) is 72.5 Å². The lowest BCUT2D eigenvalue weighted by atomic mass is 10.0. The molecule has 24 heavy (non-hydrogen) atoms. The average Bonchev–Trinajstić information content (AvgIpc) is 2.58. The number of hydrogen-bond acceptors (Lipinski definition) is 5. The fourth-order valence-corrected chi connectivity index (χ4v) is 2.96. The Kier molecular flexibility index (Phi) is 3.34. The Morgan fingerprint density at radius 1 is 1.04 bits per heavy atom. The summed E-state index contributed by atoms with van der Waals surface area (Å²) in [6.07, 6.45) is 1.36. The number of hydrogen-bond donors (Lipinski definition) is 2. The summed E-state index contributed by atoms with van der Waals surface area (Å²) in [4.78, 5) is 10.0. The van der Waals surface area contributed by atoms with E-state index in [0.29, 0.717) is 5.84 Å². The number of benzene rings is 2. The molecule has 2 aromatic carbocycles. The molecule has 2 heterocycles. The van der Waals surface area contributed by atoms with Crippen molar-refractivity contribution >= 4 is 22.4 Å². The lowest BCUT2D eigenvalue weighted by molar-refractivity contribution is 0.0739. The molecule has 0 saturated heterocycles. The van der Waals surface area contributed by atoms with Crippen LogP contribution >= 0.6 is 0 Å². The van der Waals surface area contributed by atoms with Gasteiger partial charge in [0.05, 0.1) is 0 Å². The number of oxime groups is 1. The van der Waals surface area contributed by atoms with Crippen LogP contribution in [0.5, 0.6) is 0 Å². The third-order valence-corrected chi connectivity index (χ3v) is 4.21. The van der Waals surface area contributed by atoms with Crippen molar-refractivity contribution in [1.29, 1.82) is 0 Å². The summed E-state index contributed by atoms with van der Waals surface area (Å²) in [5, 5.41) is 9.52. The van der Waals surface area contributed by atoms with Crippen LogP contribution in [0, 0.1) is 13.8 Å². The zero-order valence-electron chi connectivity index (χ0n) is 13.6. The van der Waals surface area contributed by atoms with Crippen LogP contribution in [-0.2, 0) is 4.84 Å². The highest BCUT2D eigenvalue weighted by atomic mass is 16.6. The van der Waals surface area contributed by atoms with Crippen LogP contribution in [-0.4, -0.2) is 10.8 Å². The van der Waals surface area contributed by atoms with Crippen LogP contribution in [0.3, 0.4) is 0 Å². The quantitative estimate of drug-likeness (QED) is 0.757. The van der Waals surface area contributed by atoms with Crippen LogP contribution in [0.1, 0.15) is 28.5 Å². The van der Waals surface area contributed by atoms with Crippen molar-refractivity contribution in [3.8, 4) is 0 Å². The number of rotatable bonds is 2. The first-order valence-electron chi connectivity index (χ1n) is 7.84. The molecule has 1 unspecified atom stereocenters. The van der Waals surface area contributed by atoms with E-state index in [1.54, 1.807) is 6.20 Å². The molecule has 0 fully saturated rings. The molecule has 0 aliphatic carbocycles. The molecule has 0 radical (unpaired) electrons. The minimum atomic E-state index is -0.425. The van der Waals surface area contributed by atoms with Gasteiger partial charge in [-0.05, 0) is 37.4 Å². The Morgan fingerprint density at radius 2 is 1.83 bits per heavy atom. The van der Waals surface area contributed by atoms with E-state index in [1.807, 2.05) is 31.2 Å². The molecular formula is C19H18N4O. The molecule has 5 heteroatoms. The largest absolute Gasteiger partial charge is 0.380 e. The maximum atomic E-state index is 5.96. The van der Waals surface area contributed by atoms with Gasteiger partial charge in [0.25, 0.3) is 0 Å². The molecule has 3 N–H and O–H groups in total. The zero-order valence-corrected chi connectivity index (χ0v) is 13.6. The molecule has 1 aromatic heterocycles. The van der Waals surface area contributed by atoms with Crippen molar-refractivity contribution in [3.05, 3.63) is 70.9 Å². The molecule has 3 aromatic rings. The second kappa shape index (κ2) is 5.53. The Balaban J connectivity index is 1.76. The van der Waals surface area contributed by atoms with Gasteiger partial charge in [0.2, 0.25) is 6.23 Å². The van der Waals surface area contributed by atoms with Crippen LogP contribution < -0.4 is 11.1 Å². The molecule has 1 aliphatic heterocycles. The summed E-state index contributed by atoms with van der Waals surface area (Å²) in [5.74, 6) is 1.16. The van der Waals surface area contributed by atoms with E-state index in [4.69, 9.17) is 10.6 Å². The van der Waals surface area contributed by atoms with Crippen molar-refractivity contribution < 1.29 is 4.84 Å². The summed E-state index contributed by atoms with van der Waals surface area (Å²) in [5.41, 5.74) is 10.1. The molecule has 4 rings (SSSR count). The van der Waals surface area contributed by atoms with E-state index in [-0.39, 0.29) is 0 Å². The number of nitrogens with zero attached hydrogens (tertiary/aromatic N) is 2. The third-order valence-electron chi connectivity index (χ3n) is 4.21. The van der Waals surface area contributed by atoms with Crippen LogP contribution in [0.2, 0.25) is 0 Å². The second-order valence-corrected chi connectivity index (χ2v) is 6.08. The molecule has 0 bridgehead atoms. The van der Waals surface area contributed by atoms with Gasteiger partial charge in [-0.25, -0.2) is 4.98 Å². The van der Waals surface area contributed by atoms with Gasteiger partial charge in [0, 0.05) is 22.7 Å². The number of fused-ring (bicyclic) bond motifs is 2. The summed E-state index contributed by atoms with van der Waals surface area (Å²) in [7, 11) is 0. The number of aryl methyl sites for hydroxylation is 2. The first-order valence-corrected chi connectivity index (χ1v) is 7.84. The second-order valence-electron chi connectivity index (χ2n) is 6.08. The minimum absolute atomic E-state index is 0.397. The maximum Gasteiger partial charge on any atom is 0.225 e. The predicted molar refractivity (Wildman–Crippen MR) is 95.8 cm³/mol. The number of nitrogens with one attached hydrogen (secondary N) is 1. The van der Waals surface area contributed by atoms with E-state index >= 15 is 0 Å². The van der Waals surface area contributed by atoms with Crippen LogP contribution in [0.4, 0.5) is 5.82 Å².